The summed E-state index contributed by atoms with van der Waals surface area (Å²) >= 11 is 0. The van der Waals surface area contributed by atoms with Gasteiger partial charge in [0.05, 0.1) is 12.6 Å². The Balaban J connectivity index is 1.23. The lowest BCUT2D eigenvalue weighted by Gasteiger charge is -2.20. The van der Waals surface area contributed by atoms with Crippen molar-refractivity contribution in [3.63, 3.8) is 0 Å². The van der Waals surface area contributed by atoms with Crippen LogP contribution in [0.1, 0.15) is 47.7 Å². The van der Waals surface area contributed by atoms with E-state index in [0.29, 0.717) is 13.0 Å². The normalized spacial score (nSPS) is 15.9. The van der Waals surface area contributed by atoms with E-state index in [4.69, 9.17) is 4.74 Å². The SMILES string of the molecule is COCCC(=O)N[C@@H](C)c1nnc2n1CCN(Cc1ccc3c(c1)Cc1ccccc1-3)CC2. The van der Waals surface area contributed by atoms with E-state index in [1.165, 1.54) is 27.8 Å². The number of amides is 1. The van der Waals surface area contributed by atoms with E-state index in [1.54, 1.807) is 7.11 Å². The lowest BCUT2D eigenvalue weighted by atomic mass is 10.0. The number of methoxy groups -OCH3 is 1. The Morgan fingerprint density at radius 1 is 1.09 bits per heavy atom. The largest absolute Gasteiger partial charge is 0.384 e. The lowest BCUT2D eigenvalue weighted by Crippen LogP contribution is -2.30. The maximum atomic E-state index is 12.1. The first kappa shape index (κ1) is 21.8. The molecule has 1 aromatic heterocycles. The van der Waals surface area contributed by atoms with Crippen LogP contribution in [-0.2, 0) is 35.5 Å². The smallest absolute Gasteiger partial charge is 0.222 e. The van der Waals surface area contributed by atoms with E-state index in [0.717, 1.165) is 50.7 Å². The molecule has 1 N–H and O–H groups in total. The Bertz CT molecular complexity index is 1160. The second-order valence-electron chi connectivity index (χ2n) is 9.01. The summed E-state index contributed by atoms with van der Waals surface area (Å²) in [5.74, 6) is 1.79. The molecule has 7 heteroatoms. The molecule has 0 saturated carbocycles. The van der Waals surface area contributed by atoms with Crippen LogP contribution in [0.15, 0.2) is 42.5 Å². The van der Waals surface area contributed by atoms with Gasteiger partial charge in [0.1, 0.15) is 5.82 Å². The van der Waals surface area contributed by atoms with Gasteiger partial charge in [0.15, 0.2) is 5.82 Å². The molecule has 1 aliphatic heterocycles. The van der Waals surface area contributed by atoms with Gasteiger partial charge in [-0.2, -0.15) is 0 Å². The first-order chi connectivity index (χ1) is 16.1. The molecule has 1 atom stereocenters. The summed E-state index contributed by atoms with van der Waals surface area (Å²) in [6, 6.07) is 15.5. The van der Waals surface area contributed by atoms with Crippen LogP contribution in [0.4, 0.5) is 0 Å². The van der Waals surface area contributed by atoms with E-state index in [-0.39, 0.29) is 11.9 Å². The van der Waals surface area contributed by atoms with Gasteiger partial charge in [-0.05, 0) is 41.2 Å². The zero-order chi connectivity index (χ0) is 22.8. The van der Waals surface area contributed by atoms with Crippen LogP contribution in [0.3, 0.4) is 0 Å². The number of rotatable bonds is 7. The quantitative estimate of drug-likeness (QED) is 0.473. The van der Waals surface area contributed by atoms with Gasteiger partial charge >= 0.3 is 0 Å². The zero-order valence-electron chi connectivity index (χ0n) is 19.4. The van der Waals surface area contributed by atoms with Crippen molar-refractivity contribution < 1.29 is 9.53 Å². The molecule has 2 aromatic carbocycles. The fourth-order valence-electron chi connectivity index (χ4n) is 5.00. The van der Waals surface area contributed by atoms with Gasteiger partial charge in [-0.15, -0.1) is 10.2 Å². The summed E-state index contributed by atoms with van der Waals surface area (Å²) in [5.41, 5.74) is 6.97. The summed E-state index contributed by atoms with van der Waals surface area (Å²) in [6.45, 7) is 6.02. The van der Waals surface area contributed by atoms with Crippen molar-refractivity contribution in [1.29, 1.82) is 0 Å². The number of aromatic nitrogens is 3. The van der Waals surface area contributed by atoms with Gasteiger partial charge < -0.3 is 14.6 Å². The van der Waals surface area contributed by atoms with E-state index in [1.807, 2.05) is 6.92 Å². The summed E-state index contributed by atoms with van der Waals surface area (Å²) in [5, 5.41) is 11.8. The maximum absolute atomic E-state index is 12.1. The van der Waals surface area contributed by atoms with Crippen LogP contribution >= 0.6 is 0 Å². The minimum Gasteiger partial charge on any atom is -0.384 e. The topological polar surface area (TPSA) is 72.3 Å². The van der Waals surface area contributed by atoms with Crippen molar-refractivity contribution in [1.82, 2.24) is 25.0 Å². The van der Waals surface area contributed by atoms with Gasteiger partial charge in [-0.1, -0.05) is 42.5 Å². The molecule has 33 heavy (non-hydrogen) atoms. The second kappa shape index (κ2) is 9.45. The van der Waals surface area contributed by atoms with E-state index >= 15 is 0 Å². The molecule has 2 aliphatic rings. The highest BCUT2D eigenvalue weighted by molar-refractivity contribution is 5.77. The number of nitrogens with zero attached hydrogens (tertiary/aromatic N) is 4. The molecule has 0 unspecified atom stereocenters. The number of fused-ring (bicyclic) bond motifs is 4. The number of carbonyl (C=O) groups excluding carboxylic acids is 1. The van der Waals surface area contributed by atoms with E-state index < -0.39 is 0 Å². The average molecular weight is 446 g/mol. The molecular formula is C26H31N5O2. The minimum absolute atomic E-state index is 0.0318. The molecule has 2 heterocycles. The third-order valence-electron chi connectivity index (χ3n) is 6.71. The Labute approximate surface area is 194 Å². The highest BCUT2D eigenvalue weighted by Crippen LogP contribution is 2.36. The van der Waals surface area contributed by atoms with Crippen LogP contribution < -0.4 is 5.32 Å². The van der Waals surface area contributed by atoms with Gasteiger partial charge in [0.2, 0.25) is 5.91 Å². The van der Waals surface area contributed by atoms with Crippen LogP contribution in [0.2, 0.25) is 0 Å². The third kappa shape index (κ3) is 4.56. The van der Waals surface area contributed by atoms with Crippen LogP contribution in [0.5, 0.6) is 0 Å². The summed E-state index contributed by atoms with van der Waals surface area (Å²) in [7, 11) is 1.60. The molecule has 0 saturated heterocycles. The van der Waals surface area contributed by atoms with Crippen molar-refractivity contribution in [3.05, 3.63) is 70.8 Å². The molecule has 0 bridgehead atoms. The molecule has 0 fully saturated rings. The van der Waals surface area contributed by atoms with Gasteiger partial charge in [-0.25, -0.2) is 0 Å². The molecule has 7 nitrogen and oxygen atoms in total. The number of nitrogens with one attached hydrogen (secondary N) is 1. The monoisotopic (exact) mass is 445 g/mol. The number of hydrogen-bond donors (Lipinski definition) is 1. The first-order valence-electron chi connectivity index (χ1n) is 11.7. The van der Waals surface area contributed by atoms with Gasteiger partial charge in [0.25, 0.3) is 0 Å². The molecule has 0 spiro atoms. The predicted octanol–water partition coefficient (Wildman–Crippen LogP) is 3.12. The molecular weight excluding hydrogens is 414 g/mol. The first-order valence-corrected chi connectivity index (χ1v) is 11.7. The fourth-order valence-corrected chi connectivity index (χ4v) is 5.00. The summed E-state index contributed by atoms with van der Waals surface area (Å²) in [6.07, 6.45) is 2.23. The Kier molecular flexibility index (Phi) is 6.24. The number of benzene rings is 2. The van der Waals surface area contributed by atoms with Gasteiger partial charge in [-0.3, -0.25) is 9.69 Å². The molecule has 0 radical (unpaired) electrons. The average Bonchev–Trinajstić information content (AvgIpc) is 3.34. The predicted molar refractivity (Wildman–Crippen MR) is 127 cm³/mol. The van der Waals surface area contributed by atoms with Crippen molar-refractivity contribution in [2.24, 2.45) is 0 Å². The zero-order valence-corrected chi connectivity index (χ0v) is 19.4. The van der Waals surface area contributed by atoms with E-state index in [9.17, 15) is 4.79 Å². The van der Waals surface area contributed by atoms with E-state index in [2.05, 4.69) is 67.4 Å². The van der Waals surface area contributed by atoms with Crippen LogP contribution in [0.25, 0.3) is 11.1 Å². The summed E-state index contributed by atoms with van der Waals surface area (Å²) < 4.78 is 7.17. The fraction of sp³-hybridized carbons (Fsp3) is 0.423. The Hall–Kier alpha value is -3.03. The Morgan fingerprint density at radius 3 is 2.82 bits per heavy atom. The third-order valence-corrected chi connectivity index (χ3v) is 6.71. The standard InChI is InChI=1S/C26H31N5O2/c1-18(27-25(32)10-14-33-2)26-29-28-24-9-11-30(12-13-31(24)26)17-19-7-8-23-21(15-19)16-20-5-3-4-6-22(20)23/h3-8,15,18H,9-14,16-17H2,1-2H3,(H,27,32)/t18-/m0/s1. The summed E-state index contributed by atoms with van der Waals surface area (Å²) in [4.78, 5) is 14.6. The number of carbonyl (C=O) groups is 1. The van der Waals surface area contributed by atoms with Gasteiger partial charge in [0, 0.05) is 46.1 Å². The van der Waals surface area contributed by atoms with Crippen LogP contribution in [-0.4, -0.2) is 52.4 Å². The molecule has 3 aromatic rings. The Morgan fingerprint density at radius 2 is 1.94 bits per heavy atom. The second-order valence-corrected chi connectivity index (χ2v) is 9.01. The minimum atomic E-state index is -0.180. The van der Waals surface area contributed by atoms with Crippen molar-refractivity contribution >= 4 is 5.91 Å². The highest BCUT2D eigenvalue weighted by Gasteiger charge is 2.23. The number of hydrogen-bond acceptors (Lipinski definition) is 5. The number of ether oxygens (including phenoxy) is 1. The van der Waals surface area contributed by atoms with Crippen molar-refractivity contribution in [2.45, 2.75) is 45.3 Å². The van der Waals surface area contributed by atoms with Crippen molar-refractivity contribution in [2.75, 3.05) is 26.8 Å². The molecule has 172 valence electrons. The molecule has 1 amide bonds. The van der Waals surface area contributed by atoms with Crippen LogP contribution in [0, 0.1) is 0 Å². The lowest BCUT2D eigenvalue weighted by molar-refractivity contribution is -0.122. The highest BCUT2D eigenvalue weighted by atomic mass is 16.5. The van der Waals surface area contributed by atoms with Crippen molar-refractivity contribution in [3.8, 4) is 11.1 Å². The molecule has 1 aliphatic carbocycles. The molecule has 5 rings (SSSR count). The maximum Gasteiger partial charge on any atom is 0.222 e.